The fraction of sp³-hybridized carbons (Fsp3) is 0.310. The van der Waals surface area contributed by atoms with Crippen LogP contribution in [0.2, 0.25) is 0 Å². The van der Waals surface area contributed by atoms with Crippen molar-refractivity contribution in [3.05, 3.63) is 131 Å². The van der Waals surface area contributed by atoms with Gasteiger partial charge in [-0.1, -0.05) is 71.9 Å². The zero-order valence-corrected chi connectivity index (χ0v) is 28.7. The molecule has 3 N–H and O–H groups in total. The second kappa shape index (κ2) is 14.0. The van der Waals surface area contributed by atoms with Crippen molar-refractivity contribution >= 4 is 17.6 Å². The molecule has 3 heterocycles. The van der Waals surface area contributed by atoms with Gasteiger partial charge in [0.15, 0.2) is 11.5 Å². The van der Waals surface area contributed by atoms with Crippen LogP contribution in [-0.4, -0.2) is 58.1 Å². The molecule has 3 atom stereocenters. The summed E-state index contributed by atoms with van der Waals surface area (Å²) in [5.74, 6) is -1.60. The van der Waals surface area contributed by atoms with E-state index in [0.29, 0.717) is 12.0 Å². The number of piperidine rings is 1. The van der Waals surface area contributed by atoms with E-state index < -0.39 is 17.6 Å². The lowest BCUT2D eigenvalue weighted by Crippen LogP contribution is -2.53. The molecule has 5 aromatic rings. The van der Waals surface area contributed by atoms with Crippen LogP contribution in [0.25, 0.3) is 22.5 Å². The summed E-state index contributed by atoms with van der Waals surface area (Å²) in [6.45, 7) is 3.92. The summed E-state index contributed by atoms with van der Waals surface area (Å²) in [4.78, 5) is 29.4. The molecule has 10 heteroatoms. The van der Waals surface area contributed by atoms with Crippen LogP contribution in [0.3, 0.4) is 0 Å². The van der Waals surface area contributed by atoms with E-state index in [1.54, 1.807) is 0 Å². The summed E-state index contributed by atoms with van der Waals surface area (Å²) in [5, 5.41) is 11.8. The second-order valence-corrected chi connectivity index (χ2v) is 14.4. The molecule has 0 bridgehead atoms. The van der Waals surface area contributed by atoms with Crippen LogP contribution in [0.1, 0.15) is 70.4 Å². The molecule has 2 aliphatic heterocycles. The van der Waals surface area contributed by atoms with E-state index >= 15 is 0 Å². The topological polar surface area (TPSA) is 113 Å². The lowest BCUT2D eigenvalue weighted by Gasteiger charge is -2.47. The Bertz CT molecular complexity index is 2130. The molecule has 0 unspecified atom stereocenters. The number of amides is 1. The first-order valence-electron chi connectivity index (χ1n) is 18.0. The Kier molecular flexibility index (Phi) is 9.09. The molecule has 52 heavy (non-hydrogen) atoms. The van der Waals surface area contributed by atoms with Crippen LogP contribution >= 0.6 is 0 Å². The number of aromatic carboxylic acids is 1. The Morgan fingerprint density at radius 1 is 0.865 bits per heavy atom. The molecule has 3 fully saturated rings. The molecule has 1 saturated carbocycles. The van der Waals surface area contributed by atoms with Gasteiger partial charge in [-0.15, -0.1) is 0 Å². The van der Waals surface area contributed by atoms with Crippen molar-refractivity contribution in [1.29, 1.82) is 0 Å². The van der Waals surface area contributed by atoms with Gasteiger partial charge in [0.05, 0.1) is 17.5 Å². The minimum atomic E-state index is -1.28. The first-order valence-corrected chi connectivity index (χ1v) is 18.0. The van der Waals surface area contributed by atoms with Crippen LogP contribution in [0.15, 0.2) is 95.5 Å². The standard InChI is InChI=1S/C32H35N3O.C10H5F2NO3/c33-31-27(13-12-25-24-9-5-4-8-23(24)18-28(25)31)26-14-16-34(19-21-10-11-21)20-29(26)32(36)35-17-15-30(35)22-6-2-1-3-7-22;11-5-1-2-6(7(12)3-5)9-4-8(10(14)15)13-16-9/h1-9,12-13,21,26,29-30H,10-11,14-20,33H2;1-4H,(H,14,15)/t26-,29-,30+;/m1./s1. The molecular formula is C42H40F2N4O4. The highest BCUT2D eigenvalue weighted by Crippen LogP contribution is 2.47. The number of fused-ring (bicyclic) bond motifs is 3. The summed E-state index contributed by atoms with van der Waals surface area (Å²) >= 11 is 0. The van der Waals surface area contributed by atoms with Crippen molar-refractivity contribution in [2.75, 3.05) is 31.9 Å². The van der Waals surface area contributed by atoms with Crippen LogP contribution in [-0.2, 0) is 11.2 Å². The number of nitrogens with zero attached hydrogens (tertiary/aromatic N) is 3. The van der Waals surface area contributed by atoms with E-state index in [2.05, 4.69) is 86.2 Å². The number of hydrogen-bond acceptors (Lipinski definition) is 6. The summed E-state index contributed by atoms with van der Waals surface area (Å²) in [5.41, 5.74) is 15.1. The Hall–Kier alpha value is -5.35. The number of halogens is 2. The van der Waals surface area contributed by atoms with Gasteiger partial charge >= 0.3 is 5.97 Å². The van der Waals surface area contributed by atoms with Crippen molar-refractivity contribution < 1.29 is 28.0 Å². The number of likely N-dealkylation sites (tertiary alicyclic amines) is 2. The largest absolute Gasteiger partial charge is 0.476 e. The van der Waals surface area contributed by atoms with E-state index in [9.17, 15) is 18.4 Å². The number of carboxylic acid groups (broad SMARTS) is 1. The van der Waals surface area contributed by atoms with Gasteiger partial charge in [-0.25, -0.2) is 13.6 Å². The van der Waals surface area contributed by atoms with Crippen LogP contribution in [0.5, 0.6) is 0 Å². The first-order chi connectivity index (χ1) is 25.2. The number of hydrogen-bond donors (Lipinski definition) is 2. The molecule has 8 nitrogen and oxygen atoms in total. The third kappa shape index (κ3) is 6.59. The van der Waals surface area contributed by atoms with Crippen LogP contribution in [0.4, 0.5) is 14.5 Å². The minimum absolute atomic E-state index is 0.0341. The highest BCUT2D eigenvalue weighted by atomic mass is 19.1. The van der Waals surface area contributed by atoms with Gasteiger partial charge in [0.2, 0.25) is 5.91 Å². The predicted octanol–water partition coefficient (Wildman–Crippen LogP) is 7.95. The van der Waals surface area contributed by atoms with Crippen molar-refractivity contribution in [3.63, 3.8) is 0 Å². The number of aromatic nitrogens is 1. The third-order valence-corrected chi connectivity index (χ3v) is 11.1. The molecule has 2 aliphatic carbocycles. The number of benzene rings is 4. The van der Waals surface area contributed by atoms with Crippen molar-refractivity contribution in [1.82, 2.24) is 15.0 Å². The smallest absolute Gasteiger partial charge is 0.358 e. The van der Waals surface area contributed by atoms with Gasteiger partial charge in [0.1, 0.15) is 11.6 Å². The third-order valence-electron chi connectivity index (χ3n) is 11.1. The monoisotopic (exact) mass is 702 g/mol. The fourth-order valence-corrected chi connectivity index (χ4v) is 8.13. The van der Waals surface area contributed by atoms with Gasteiger partial charge < -0.3 is 25.2 Å². The maximum Gasteiger partial charge on any atom is 0.358 e. The summed E-state index contributed by atoms with van der Waals surface area (Å²) < 4.78 is 30.5. The van der Waals surface area contributed by atoms with Crippen LogP contribution < -0.4 is 5.73 Å². The first kappa shape index (κ1) is 33.8. The average molecular weight is 703 g/mol. The molecule has 0 spiro atoms. The van der Waals surface area contributed by atoms with Gasteiger partial charge in [-0.3, -0.25) is 4.79 Å². The molecule has 9 rings (SSSR count). The lowest BCUT2D eigenvalue weighted by atomic mass is 9.77. The molecule has 4 aromatic carbocycles. The van der Waals surface area contributed by atoms with E-state index in [4.69, 9.17) is 10.8 Å². The fourth-order valence-electron chi connectivity index (χ4n) is 8.13. The number of carbonyl (C=O) groups excluding carboxylic acids is 1. The maximum atomic E-state index is 14.2. The molecule has 4 aliphatic rings. The van der Waals surface area contributed by atoms with Gasteiger partial charge in [0, 0.05) is 43.9 Å². The van der Waals surface area contributed by atoms with Gasteiger partial charge in [0.25, 0.3) is 0 Å². The number of nitrogen functional groups attached to an aromatic ring is 1. The van der Waals surface area contributed by atoms with E-state index in [1.165, 1.54) is 46.2 Å². The van der Waals surface area contributed by atoms with E-state index in [1.807, 2.05) is 0 Å². The number of anilines is 1. The predicted molar refractivity (Wildman–Crippen MR) is 193 cm³/mol. The zero-order valence-electron chi connectivity index (χ0n) is 28.7. The summed E-state index contributed by atoms with van der Waals surface area (Å²) in [6, 6.07) is 27.8. The summed E-state index contributed by atoms with van der Waals surface area (Å²) in [6.07, 6.45) is 5.64. The highest BCUT2D eigenvalue weighted by Gasteiger charge is 2.44. The number of carboxylic acids is 1. The van der Waals surface area contributed by atoms with Gasteiger partial charge in [-0.05, 0) is 89.6 Å². The Balaban J connectivity index is 0.000000203. The molecular weight excluding hydrogens is 662 g/mol. The number of rotatable bonds is 7. The SMILES string of the molecule is Nc1c([C@H]2CCN(CC3CC3)C[C@H]2C(=O)N2CC[C@H]2c2ccccc2)ccc2c1Cc1ccccc1-2.O=C(O)c1cc(-c2ccc(F)cc2F)on1. The van der Waals surface area contributed by atoms with Gasteiger partial charge in [-0.2, -0.15) is 0 Å². The average Bonchev–Trinajstić information content (AvgIpc) is 3.65. The lowest BCUT2D eigenvalue weighted by molar-refractivity contribution is -0.146. The summed E-state index contributed by atoms with van der Waals surface area (Å²) in [7, 11) is 0. The molecule has 266 valence electrons. The van der Waals surface area contributed by atoms with Crippen LogP contribution in [0, 0.1) is 23.5 Å². The molecule has 2 saturated heterocycles. The number of carbonyl (C=O) groups is 2. The van der Waals surface area contributed by atoms with Crippen molar-refractivity contribution in [2.24, 2.45) is 11.8 Å². The maximum absolute atomic E-state index is 14.2. The van der Waals surface area contributed by atoms with E-state index in [0.717, 1.165) is 75.2 Å². The second-order valence-electron chi connectivity index (χ2n) is 14.4. The number of nitrogens with two attached hydrogens (primary N) is 1. The Morgan fingerprint density at radius 3 is 2.35 bits per heavy atom. The van der Waals surface area contributed by atoms with E-state index in [-0.39, 0.29) is 34.9 Å². The zero-order chi connectivity index (χ0) is 35.9. The highest BCUT2D eigenvalue weighted by molar-refractivity contribution is 5.87. The van der Waals surface area contributed by atoms with Crippen molar-refractivity contribution in [2.45, 2.75) is 44.1 Å². The Labute approximate surface area is 300 Å². The minimum Gasteiger partial charge on any atom is -0.476 e. The molecule has 1 amide bonds. The normalized spacial score (nSPS) is 20.7. The Morgan fingerprint density at radius 2 is 1.63 bits per heavy atom. The molecule has 0 radical (unpaired) electrons. The van der Waals surface area contributed by atoms with Crippen molar-refractivity contribution in [3.8, 4) is 22.5 Å². The quantitative estimate of drug-likeness (QED) is 0.162. The molecule has 1 aromatic heterocycles.